The number of hydrogen-bond acceptors (Lipinski definition) is 5. The minimum Gasteiger partial charge on any atom is -0.495 e. The second-order valence-electron chi connectivity index (χ2n) is 3.20. The van der Waals surface area contributed by atoms with Crippen LogP contribution in [0.5, 0.6) is 5.75 Å². The lowest BCUT2D eigenvalue weighted by molar-refractivity contribution is 0.417. The van der Waals surface area contributed by atoms with Gasteiger partial charge in [-0.05, 0) is 18.2 Å². The van der Waals surface area contributed by atoms with Crippen molar-refractivity contribution in [2.75, 3.05) is 12.4 Å². The smallest absolute Gasteiger partial charge is 0.228 e. The molecular weight excluding hydrogens is 216 g/mol. The van der Waals surface area contributed by atoms with Crippen LogP contribution < -0.4 is 10.1 Å². The van der Waals surface area contributed by atoms with Gasteiger partial charge in [0.15, 0.2) is 0 Å². The minimum atomic E-state index is 0.317. The number of nitrogens with one attached hydrogen (secondary N) is 1. The number of benzene rings is 1. The number of nitriles is 1. The maximum Gasteiger partial charge on any atom is 0.228 e. The monoisotopic (exact) mass is 226 g/mol. The van der Waals surface area contributed by atoms with Crippen LogP contribution in [0.3, 0.4) is 0 Å². The van der Waals surface area contributed by atoms with Crippen molar-refractivity contribution in [1.29, 1.82) is 5.26 Å². The summed E-state index contributed by atoms with van der Waals surface area (Å²) in [5, 5.41) is 11.7. The molecule has 0 spiro atoms. The van der Waals surface area contributed by atoms with Crippen LogP contribution in [0.25, 0.3) is 0 Å². The van der Waals surface area contributed by atoms with E-state index in [0.717, 1.165) is 5.69 Å². The molecule has 84 valence electrons. The summed E-state index contributed by atoms with van der Waals surface area (Å²) in [6.07, 6.45) is 1.53. The number of rotatable bonds is 3. The van der Waals surface area contributed by atoms with Crippen molar-refractivity contribution in [3.05, 3.63) is 42.2 Å². The number of ether oxygens (including phenoxy) is 1. The molecule has 1 N–H and O–H groups in total. The first kappa shape index (κ1) is 10.9. The molecule has 0 radical (unpaired) electrons. The van der Waals surface area contributed by atoms with Gasteiger partial charge in [0.2, 0.25) is 5.95 Å². The average Bonchev–Trinajstić information content (AvgIpc) is 2.39. The highest BCUT2D eigenvalue weighted by molar-refractivity contribution is 5.62. The van der Waals surface area contributed by atoms with Gasteiger partial charge in [-0.15, -0.1) is 0 Å². The largest absolute Gasteiger partial charge is 0.495 e. The van der Waals surface area contributed by atoms with Gasteiger partial charge >= 0.3 is 0 Å². The SMILES string of the molecule is COc1ccccc1Nc1nccc(C#N)n1. The maximum absolute atomic E-state index is 8.74. The number of methoxy groups -OCH3 is 1. The Labute approximate surface area is 98.7 Å². The lowest BCUT2D eigenvalue weighted by Crippen LogP contribution is -1.99. The summed E-state index contributed by atoms with van der Waals surface area (Å²) in [5.41, 5.74) is 1.07. The molecule has 1 heterocycles. The highest BCUT2D eigenvalue weighted by Gasteiger charge is 2.04. The van der Waals surface area contributed by atoms with E-state index in [0.29, 0.717) is 17.4 Å². The van der Waals surface area contributed by atoms with Gasteiger partial charge in [0, 0.05) is 6.20 Å². The number of aromatic nitrogens is 2. The van der Waals surface area contributed by atoms with E-state index in [1.54, 1.807) is 13.2 Å². The van der Waals surface area contributed by atoms with E-state index in [-0.39, 0.29) is 0 Å². The van der Waals surface area contributed by atoms with Crippen molar-refractivity contribution in [1.82, 2.24) is 9.97 Å². The molecular formula is C12H10N4O. The number of hydrogen-bond donors (Lipinski definition) is 1. The lowest BCUT2D eigenvalue weighted by atomic mass is 10.3. The topological polar surface area (TPSA) is 70.8 Å². The number of nitrogens with zero attached hydrogens (tertiary/aromatic N) is 3. The van der Waals surface area contributed by atoms with E-state index in [1.165, 1.54) is 6.20 Å². The van der Waals surface area contributed by atoms with Gasteiger partial charge in [0.1, 0.15) is 17.5 Å². The van der Waals surface area contributed by atoms with E-state index in [4.69, 9.17) is 10.00 Å². The van der Waals surface area contributed by atoms with Crippen LogP contribution in [0.4, 0.5) is 11.6 Å². The molecule has 0 aliphatic rings. The molecule has 0 fully saturated rings. The van der Waals surface area contributed by atoms with E-state index < -0.39 is 0 Å². The van der Waals surface area contributed by atoms with Crippen molar-refractivity contribution in [3.8, 4) is 11.8 Å². The summed E-state index contributed by atoms with van der Waals surface area (Å²) in [6.45, 7) is 0. The Kier molecular flexibility index (Phi) is 3.17. The molecule has 0 atom stereocenters. The van der Waals surface area contributed by atoms with Gasteiger partial charge in [-0.25, -0.2) is 9.97 Å². The van der Waals surface area contributed by atoms with Gasteiger partial charge in [0.25, 0.3) is 0 Å². The summed E-state index contributed by atoms with van der Waals surface area (Å²) < 4.78 is 5.19. The van der Waals surface area contributed by atoms with E-state index in [1.807, 2.05) is 30.3 Å². The average molecular weight is 226 g/mol. The zero-order valence-electron chi connectivity index (χ0n) is 9.21. The number of anilines is 2. The summed E-state index contributed by atoms with van der Waals surface area (Å²) in [5.74, 6) is 1.06. The van der Waals surface area contributed by atoms with Gasteiger partial charge in [0.05, 0.1) is 12.8 Å². The summed E-state index contributed by atoms with van der Waals surface area (Å²) in [4.78, 5) is 8.05. The molecule has 5 nitrogen and oxygen atoms in total. The standard InChI is InChI=1S/C12H10N4O/c1-17-11-5-3-2-4-10(11)16-12-14-7-6-9(8-13)15-12/h2-7H,1H3,(H,14,15,16). The molecule has 0 saturated carbocycles. The molecule has 0 aliphatic carbocycles. The van der Waals surface area contributed by atoms with Crippen LogP contribution in [-0.4, -0.2) is 17.1 Å². The molecule has 0 unspecified atom stereocenters. The van der Waals surface area contributed by atoms with Crippen LogP contribution in [0.2, 0.25) is 0 Å². The molecule has 17 heavy (non-hydrogen) atoms. The predicted molar refractivity (Wildman–Crippen MR) is 63.0 cm³/mol. The minimum absolute atomic E-state index is 0.317. The quantitative estimate of drug-likeness (QED) is 0.867. The van der Waals surface area contributed by atoms with Crippen LogP contribution >= 0.6 is 0 Å². The first-order chi connectivity index (χ1) is 8.33. The second kappa shape index (κ2) is 4.94. The Hall–Kier alpha value is -2.61. The summed E-state index contributed by atoms with van der Waals surface area (Å²) >= 11 is 0. The van der Waals surface area contributed by atoms with Crippen molar-refractivity contribution in [2.24, 2.45) is 0 Å². The first-order valence-electron chi connectivity index (χ1n) is 4.96. The molecule has 2 aromatic rings. The number of para-hydroxylation sites is 2. The summed E-state index contributed by atoms with van der Waals surface area (Å²) in [7, 11) is 1.59. The third-order valence-electron chi connectivity index (χ3n) is 2.12. The molecule has 0 saturated heterocycles. The third kappa shape index (κ3) is 2.49. The molecule has 1 aromatic carbocycles. The highest BCUT2D eigenvalue weighted by Crippen LogP contribution is 2.25. The third-order valence-corrected chi connectivity index (χ3v) is 2.12. The second-order valence-corrected chi connectivity index (χ2v) is 3.20. The van der Waals surface area contributed by atoms with Crippen LogP contribution in [-0.2, 0) is 0 Å². The molecule has 1 aromatic heterocycles. The van der Waals surface area contributed by atoms with Crippen molar-refractivity contribution in [3.63, 3.8) is 0 Å². The highest BCUT2D eigenvalue weighted by atomic mass is 16.5. The van der Waals surface area contributed by atoms with E-state index >= 15 is 0 Å². The fourth-order valence-corrected chi connectivity index (χ4v) is 1.35. The van der Waals surface area contributed by atoms with Gasteiger partial charge in [-0.2, -0.15) is 5.26 Å². The Morgan fingerprint density at radius 3 is 2.88 bits per heavy atom. The zero-order valence-corrected chi connectivity index (χ0v) is 9.21. The summed E-state index contributed by atoms with van der Waals surface area (Å²) in [6, 6.07) is 10.9. The fourth-order valence-electron chi connectivity index (χ4n) is 1.35. The predicted octanol–water partition coefficient (Wildman–Crippen LogP) is 2.10. The van der Waals surface area contributed by atoms with Gasteiger partial charge in [-0.1, -0.05) is 12.1 Å². The van der Waals surface area contributed by atoms with Gasteiger partial charge < -0.3 is 10.1 Å². The Bertz CT molecular complexity index is 562. The van der Waals surface area contributed by atoms with Crippen LogP contribution in [0, 0.1) is 11.3 Å². The van der Waals surface area contributed by atoms with E-state index in [2.05, 4.69) is 15.3 Å². The first-order valence-corrected chi connectivity index (χ1v) is 4.96. The molecule has 0 amide bonds. The zero-order chi connectivity index (χ0) is 12.1. The Morgan fingerprint density at radius 2 is 2.12 bits per heavy atom. The molecule has 0 bridgehead atoms. The van der Waals surface area contributed by atoms with Crippen LogP contribution in [0.15, 0.2) is 36.5 Å². The normalized spacial score (nSPS) is 9.41. The van der Waals surface area contributed by atoms with Gasteiger partial charge in [-0.3, -0.25) is 0 Å². The fraction of sp³-hybridized carbons (Fsp3) is 0.0833. The van der Waals surface area contributed by atoms with E-state index in [9.17, 15) is 0 Å². The Balaban J connectivity index is 2.28. The molecule has 2 rings (SSSR count). The molecule has 0 aliphatic heterocycles. The molecule has 5 heteroatoms. The van der Waals surface area contributed by atoms with Crippen LogP contribution in [0.1, 0.15) is 5.69 Å². The van der Waals surface area contributed by atoms with Crippen molar-refractivity contribution >= 4 is 11.6 Å². The Morgan fingerprint density at radius 1 is 1.29 bits per heavy atom. The van der Waals surface area contributed by atoms with Crippen molar-refractivity contribution < 1.29 is 4.74 Å². The van der Waals surface area contributed by atoms with Crippen molar-refractivity contribution in [2.45, 2.75) is 0 Å². The maximum atomic E-state index is 8.74. The lowest BCUT2D eigenvalue weighted by Gasteiger charge is -2.09.